The molecule has 5 nitrogen and oxygen atoms in total. The molecule has 0 spiro atoms. The standard InChI is InChI=1S/C18H14ClN3O2/c19-12-2-1-11-3-4-22(15(11)7-12)18-13-8-16-17(24-6-5-23-16)9-14(13)20-10-21-18/h1-2,7-10H,3-6H2. The van der Waals surface area contributed by atoms with Gasteiger partial charge in [0.1, 0.15) is 25.4 Å². The molecule has 0 saturated carbocycles. The fourth-order valence-electron chi connectivity index (χ4n) is 3.37. The lowest BCUT2D eigenvalue weighted by Crippen LogP contribution is -2.17. The van der Waals surface area contributed by atoms with Crippen molar-refractivity contribution in [3.63, 3.8) is 0 Å². The van der Waals surface area contributed by atoms with E-state index in [0.717, 1.165) is 51.9 Å². The first-order valence-electron chi connectivity index (χ1n) is 7.90. The van der Waals surface area contributed by atoms with E-state index in [9.17, 15) is 0 Å². The fraction of sp³-hybridized carbons (Fsp3) is 0.222. The van der Waals surface area contributed by atoms with E-state index >= 15 is 0 Å². The maximum Gasteiger partial charge on any atom is 0.163 e. The van der Waals surface area contributed by atoms with Gasteiger partial charge in [-0.2, -0.15) is 0 Å². The lowest BCUT2D eigenvalue weighted by Gasteiger charge is -2.22. The summed E-state index contributed by atoms with van der Waals surface area (Å²) in [6.07, 6.45) is 2.57. The van der Waals surface area contributed by atoms with Crippen LogP contribution in [0.2, 0.25) is 5.02 Å². The summed E-state index contributed by atoms with van der Waals surface area (Å²) in [4.78, 5) is 11.1. The summed E-state index contributed by atoms with van der Waals surface area (Å²) in [5.74, 6) is 2.36. The van der Waals surface area contributed by atoms with E-state index in [1.807, 2.05) is 24.3 Å². The third-order valence-electron chi connectivity index (χ3n) is 4.48. The van der Waals surface area contributed by atoms with Crippen LogP contribution in [0.5, 0.6) is 11.5 Å². The van der Waals surface area contributed by atoms with E-state index in [1.54, 1.807) is 6.33 Å². The van der Waals surface area contributed by atoms with Crippen LogP contribution in [0.3, 0.4) is 0 Å². The van der Waals surface area contributed by atoms with Gasteiger partial charge in [0, 0.05) is 28.7 Å². The summed E-state index contributed by atoms with van der Waals surface area (Å²) < 4.78 is 11.4. The third-order valence-corrected chi connectivity index (χ3v) is 4.71. The average Bonchev–Trinajstić information content (AvgIpc) is 3.02. The van der Waals surface area contributed by atoms with Gasteiger partial charge in [0.05, 0.1) is 5.52 Å². The summed E-state index contributed by atoms with van der Waals surface area (Å²) in [5, 5.41) is 1.68. The van der Waals surface area contributed by atoms with E-state index in [0.29, 0.717) is 13.2 Å². The topological polar surface area (TPSA) is 47.5 Å². The highest BCUT2D eigenvalue weighted by Crippen LogP contribution is 2.41. The second-order valence-electron chi connectivity index (χ2n) is 5.88. The highest BCUT2D eigenvalue weighted by atomic mass is 35.5. The van der Waals surface area contributed by atoms with E-state index < -0.39 is 0 Å². The van der Waals surface area contributed by atoms with Crippen molar-refractivity contribution in [2.75, 3.05) is 24.7 Å². The Bertz CT molecular complexity index is 960. The van der Waals surface area contributed by atoms with Crippen molar-refractivity contribution in [1.82, 2.24) is 9.97 Å². The number of hydrogen-bond acceptors (Lipinski definition) is 5. The van der Waals surface area contributed by atoms with Gasteiger partial charge < -0.3 is 14.4 Å². The summed E-state index contributed by atoms with van der Waals surface area (Å²) in [6.45, 7) is 1.99. The van der Waals surface area contributed by atoms with Crippen molar-refractivity contribution < 1.29 is 9.47 Å². The molecule has 2 aliphatic heterocycles. The van der Waals surface area contributed by atoms with Crippen LogP contribution in [-0.2, 0) is 6.42 Å². The van der Waals surface area contributed by atoms with Crippen LogP contribution in [0.4, 0.5) is 11.5 Å². The fourth-order valence-corrected chi connectivity index (χ4v) is 3.53. The highest BCUT2D eigenvalue weighted by molar-refractivity contribution is 6.31. The number of hydrogen-bond donors (Lipinski definition) is 0. The van der Waals surface area contributed by atoms with Gasteiger partial charge in [-0.3, -0.25) is 0 Å². The lowest BCUT2D eigenvalue weighted by molar-refractivity contribution is 0.172. The summed E-state index contributed by atoms with van der Waals surface area (Å²) in [6, 6.07) is 9.91. The predicted octanol–water partition coefficient (Wildman–Crippen LogP) is 3.75. The summed E-state index contributed by atoms with van der Waals surface area (Å²) >= 11 is 6.19. The largest absolute Gasteiger partial charge is 0.486 e. The molecule has 0 saturated heterocycles. The Morgan fingerprint density at radius 2 is 1.83 bits per heavy atom. The number of ether oxygens (including phenoxy) is 2. The number of benzene rings is 2. The molecule has 0 bridgehead atoms. The average molecular weight is 340 g/mol. The highest BCUT2D eigenvalue weighted by Gasteiger charge is 2.24. The second-order valence-corrected chi connectivity index (χ2v) is 6.32. The van der Waals surface area contributed by atoms with Crippen LogP contribution in [0.1, 0.15) is 5.56 Å². The molecule has 2 aromatic carbocycles. The van der Waals surface area contributed by atoms with Gasteiger partial charge in [-0.15, -0.1) is 0 Å². The Morgan fingerprint density at radius 3 is 2.71 bits per heavy atom. The molecule has 5 rings (SSSR count). The molecular weight excluding hydrogens is 326 g/mol. The monoisotopic (exact) mass is 339 g/mol. The zero-order valence-electron chi connectivity index (χ0n) is 12.8. The quantitative estimate of drug-likeness (QED) is 0.675. The molecule has 120 valence electrons. The van der Waals surface area contributed by atoms with Gasteiger partial charge in [-0.1, -0.05) is 17.7 Å². The van der Waals surface area contributed by atoms with Crippen molar-refractivity contribution in [3.05, 3.63) is 47.2 Å². The first-order chi connectivity index (χ1) is 11.8. The van der Waals surface area contributed by atoms with Crippen molar-refractivity contribution in [2.24, 2.45) is 0 Å². The van der Waals surface area contributed by atoms with Crippen LogP contribution in [0, 0.1) is 0 Å². The van der Waals surface area contributed by atoms with Crippen molar-refractivity contribution in [1.29, 1.82) is 0 Å². The van der Waals surface area contributed by atoms with Gasteiger partial charge in [0.15, 0.2) is 11.5 Å². The van der Waals surface area contributed by atoms with Gasteiger partial charge >= 0.3 is 0 Å². The Labute approximate surface area is 143 Å². The molecule has 0 atom stereocenters. The number of anilines is 2. The number of aromatic nitrogens is 2. The van der Waals surface area contributed by atoms with Gasteiger partial charge in [0.25, 0.3) is 0 Å². The second kappa shape index (κ2) is 5.24. The number of fused-ring (bicyclic) bond motifs is 3. The SMILES string of the molecule is Clc1ccc2c(c1)N(c1ncnc3cc4c(cc13)OCCO4)CC2. The lowest BCUT2D eigenvalue weighted by atomic mass is 10.1. The summed E-state index contributed by atoms with van der Waals surface area (Å²) in [7, 11) is 0. The molecule has 0 fully saturated rings. The smallest absolute Gasteiger partial charge is 0.163 e. The van der Waals surface area contributed by atoms with Crippen molar-refractivity contribution in [3.8, 4) is 11.5 Å². The molecule has 0 unspecified atom stereocenters. The zero-order valence-corrected chi connectivity index (χ0v) is 13.6. The van der Waals surface area contributed by atoms with Crippen molar-refractivity contribution in [2.45, 2.75) is 6.42 Å². The zero-order chi connectivity index (χ0) is 16.1. The van der Waals surface area contributed by atoms with Crippen molar-refractivity contribution >= 4 is 34.0 Å². The maximum absolute atomic E-state index is 6.19. The minimum Gasteiger partial charge on any atom is -0.486 e. The molecule has 3 aromatic rings. The predicted molar refractivity (Wildman–Crippen MR) is 92.7 cm³/mol. The van der Waals surface area contributed by atoms with E-state index in [1.165, 1.54) is 5.56 Å². The minimum absolute atomic E-state index is 0.559. The number of rotatable bonds is 1. The minimum atomic E-state index is 0.559. The van der Waals surface area contributed by atoms with E-state index in [2.05, 4.69) is 20.9 Å². The molecule has 0 radical (unpaired) electrons. The van der Waals surface area contributed by atoms with Crippen LogP contribution in [0.25, 0.3) is 10.9 Å². The molecular formula is C18H14ClN3O2. The molecule has 0 aliphatic carbocycles. The van der Waals surface area contributed by atoms with Gasteiger partial charge in [-0.25, -0.2) is 9.97 Å². The Morgan fingerprint density at radius 1 is 1.00 bits per heavy atom. The molecule has 0 amide bonds. The molecule has 6 heteroatoms. The van der Waals surface area contributed by atoms with Crippen LogP contribution in [-0.4, -0.2) is 29.7 Å². The van der Waals surface area contributed by atoms with Crippen LogP contribution in [0.15, 0.2) is 36.7 Å². The Balaban J connectivity index is 1.70. The first kappa shape index (κ1) is 13.9. The molecule has 1 aromatic heterocycles. The van der Waals surface area contributed by atoms with Gasteiger partial charge in [0.2, 0.25) is 0 Å². The number of nitrogens with zero attached hydrogens (tertiary/aromatic N) is 3. The maximum atomic E-state index is 6.19. The van der Waals surface area contributed by atoms with E-state index in [4.69, 9.17) is 21.1 Å². The molecule has 2 aliphatic rings. The molecule has 3 heterocycles. The first-order valence-corrected chi connectivity index (χ1v) is 8.28. The van der Waals surface area contributed by atoms with E-state index in [-0.39, 0.29) is 0 Å². The summed E-state index contributed by atoms with van der Waals surface area (Å²) in [5.41, 5.74) is 3.24. The Kier molecular flexibility index (Phi) is 3.03. The normalized spacial score (nSPS) is 15.6. The van der Waals surface area contributed by atoms with Crippen LogP contribution >= 0.6 is 11.6 Å². The third kappa shape index (κ3) is 2.08. The Hall–Kier alpha value is -2.53. The van der Waals surface area contributed by atoms with Gasteiger partial charge in [-0.05, 0) is 30.2 Å². The molecule has 0 N–H and O–H groups in total. The van der Waals surface area contributed by atoms with Crippen LogP contribution < -0.4 is 14.4 Å². The molecule has 24 heavy (non-hydrogen) atoms. The number of halogens is 1.